The van der Waals surface area contributed by atoms with E-state index < -0.39 is 12.0 Å². The number of unbranched alkanes of at least 4 members (excludes halogenated alkanes) is 14. The highest BCUT2D eigenvalue weighted by Gasteiger charge is 2.12. The maximum atomic E-state index is 12.3. The van der Waals surface area contributed by atoms with Crippen molar-refractivity contribution in [1.82, 2.24) is 21.3 Å². The number of aliphatic carboxylic acids is 1. The van der Waals surface area contributed by atoms with E-state index in [-0.39, 0.29) is 82.2 Å². The number of nitrogens with two attached hydrogens (primary N) is 1. The van der Waals surface area contributed by atoms with Gasteiger partial charge in [-0.15, -0.1) is 0 Å². The Balaban J connectivity index is 0. The number of carbonyl (C=O) groups is 7. The zero-order chi connectivity index (χ0) is 46.3. The Morgan fingerprint density at radius 2 is 0.875 bits per heavy atom. The van der Waals surface area contributed by atoms with Gasteiger partial charge in [0.15, 0.2) is 0 Å². The topological polar surface area (TPSA) is 260 Å². The van der Waals surface area contributed by atoms with E-state index in [1.54, 1.807) is 0 Å². The number of carboxylic acid groups (broad SMARTS) is 1. The fourth-order valence-corrected chi connectivity index (χ4v) is 6.35. The molecule has 18 nitrogen and oxygen atoms in total. The van der Waals surface area contributed by atoms with E-state index in [4.69, 9.17) is 30.0 Å². The van der Waals surface area contributed by atoms with Crippen LogP contribution in [-0.2, 0) is 57.3 Å². The Labute approximate surface area is 383 Å². The van der Waals surface area contributed by atoms with E-state index in [1.807, 2.05) is 0 Å². The molecule has 4 amide bonds. The average molecular weight is 918 g/mol. The molecule has 0 rings (SSSR count). The highest BCUT2D eigenvalue weighted by Crippen LogP contribution is 2.14. The van der Waals surface area contributed by atoms with Gasteiger partial charge >= 0.3 is 5.97 Å². The van der Waals surface area contributed by atoms with Gasteiger partial charge in [-0.25, -0.2) is 5.90 Å². The highest BCUT2D eigenvalue weighted by molar-refractivity contribution is 5.85. The number of hydrogen-bond acceptors (Lipinski definition) is 13. The zero-order valence-electron chi connectivity index (χ0n) is 38.2. The van der Waals surface area contributed by atoms with Crippen LogP contribution in [0.2, 0.25) is 0 Å². The molecule has 7 N–H and O–H groups in total. The fraction of sp³-hybridized carbons (Fsp3) is 0.848. The molecule has 0 saturated carbocycles. The first-order valence-corrected chi connectivity index (χ1v) is 23.6. The van der Waals surface area contributed by atoms with Gasteiger partial charge in [-0.1, -0.05) is 84.5 Å². The van der Waals surface area contributed by atoms with Crippen molar-refractivity contribution < 1.29 is 62.5 Å². The van der Waals surface area contributed by atoms with Gasteiger partial charge in [0.05, 0.1) is 65.5 Å². The number of rotatable bonds is 49. The number of ether oxygens (including phenoxy) is 4. The van der Waals surface area contributed by atoms with E-state index in [0.29, 0.717) is 104 Å². The second-order valence-corrected chi connectivity index (χ2v) is 15.7. The molecular weight excluding hydrogens is 831 g/mol. The Morgan fingerprint density at radius 1 is 0.438 bits per heavy atom. The number of amides is 4. The SMILES string of the molecule is C.NOCCCC(=O)CCC(=O)NCCOCCOCCC(=O)NCCOCCOCCC(=O)NCCCC[C@@H](C=O)NC(=O)CCCCCCCCCCCCCCCCC(=O)O. The Hall–Kier alpha value is -3.55. The van der Waals surface area contributed by atoms with Crippen LogP contribution in [0.25, 0.3) is 0 Å². The van der Waals surface area contributed by atoms with Crippen LogP contribution in [0, 0.1) is 0 Å². The molecule has 0 aliphatic carbocycles. The molecule has 0 heterocycles. The minimum Gasteiger partial charge on any atom is -0.481 e. The minimum absolute atomic E-state index is 0. The average Bonchev–Trinajstić information content (AvgIpc) is 3.26. The largest absolute Gasteiger partial charge is 0.481 e. The predicted octanol–water partition coefficient (Wildman–Crippen LogP) is 5.02. The molecule has 64 heavy (non-hydrogen) atoms. The molecule has 0 spiro atoms. The number of carbonyl (C=O) groups excluding carboxylic acids is 6. The van der Waals surface area contributed by atoms with Crippen LogP contribution in [-0.4, -0.2) is 132 Å². The first-order valence-electron chi connectivity index (χ1n) is 23.6. The third kappa shape index (κ3) is 47.9. The summed E-state index contributed by atoms with van der Waals surface area (Å²) in [6.45, 7) is 3.87. The molecule has 0 unspecified atom stereocenters. The molecular formula is C46H87N5O13. The summed E-state index contributed by atoms with van der Waals surface area (Å²) < 4.78 is 21.7. The van der Waals surface area contributed by atoms with Crippen molar-refractivity contribution in [2.24, 2.45) is 5.90 Å². The van der Waals surface area contributed by atoms with Crippen LogP contribution in [0.4, 0.5) is 0 Å². The van der Waals surface area contributed by atoms with Crippen LogP contribution in [0.3, 0.4) is 0 Å². The van der Waals surface area contributed by atoms with Crippen LogP contribution in [0.15, 0.2) is 0 Å². The molecule has 374 valence electrons. The maximum absolute atomic E-state index is 12.3. The monoisotopic (exact) mass is 918 g/mol. The van der Waals surface area contributed by atoms with Crippen molar-refractivity contribution in [3.63, 3.8) is 0 Å². The van der Waals surface area contributed by atoms with E-state index in [0.717, 1.165) is 44.8 Å². The molecule has 18 heteroatoms. The summed E-state index contributed by atoms with van der Waals surface area (Å²) in [5, 5.41) is 19.8. The molecule has 0 aliphatic rings. The lowest BCUT2D eigenvalue weighted by Crippen LogP contribution is -2.36. The molecule has 0 aromatic rings. The van der Waals surface area contributed by atoms with Crippen molar-refractivity contribution in [2.75, 3.05) is 79.1 Å². The number of ketones is 1. The molecule has 0 bridgehead atoms. The third-order valence-corrected chi connectivity index (χ3v) is 10.00. The van der Waals surface area contributed by atoms with Crippen LogP contribution in [0.1, 0.15) is 168 Å². The molecule has 0 saturated heterocycles. The fourth-order valence-electron chi connectivity index (χ4n) is 6.35. The number of aldehydes is 1. The van der Waals surface area contributed by atoms with Crippen molar-refractivity contribution in [3.05, 3.63) is 0 Å². The molecule has 1 atom stereocenters. The van der Waals surface area contributed by atoms with Gasteiger partial charge in [0.1, 0.15) is 12.1 Å². The number of hydrogen-bond donors (Lipinski definition) is 6. The zero-order valence-corrected chi connectivity index (χ0v) is 38.2. The Kier molecular flexibility index (Phi) is 47.8. The van der Waals surface area contributed by atoms with Crippen LogP contribution >= 0.6 is 0 Å². The van der Waals surface area contributed by atoms with Crippen molar-refractivity contribution >= 4 is 41.7 Å². The minimum atomic E-state index is -0.703. The summed E-state index contributed by atoms with van der Waals surface area (Å²) >= 11 is 0. The second-order valence-electron chi connectivity index (χ2n) is 15.7. The number of Topliss-reactive ketones (excluding diaryl/α,β-unsaturated/α-hetero) is 1. The van der Waals surface area contributed by atoms with Crippen molar-refractivity contribution in [2.45, 2.75) is 174 Å². The summed E-state index contributed by atoms with van der Waals surface area (Å²) in [7, 11) is 0. The molecule has 0 aromatic carbocycles. The molecule has 0 fully saturated rings. The van der Waals surface area contributed by atoms with Crippen molar-refractivity contribution in [3.8, 4) is 0 Å². The number of nitrogens with one attached hydrogen (secondary N) is 4. The van der Waals surface area contributed by atoms with Gasteiger partial charge in [-0.2, -0.15) is 0 Å². The van der Waals surface area contributed by atoms with Gasteiger partial charge in [0.2, 0.25) is 23.6 Å². The lowest BCUT2D eigenvalue weighted by Gasteiger charge is -2.13. The van der Waals surface area contributed by atoms with Gasteiger partial charge in [-0.3, -0.25) is 28.8 Å². The first kappa shape index (κ1) is 62.5. The first-order chi connectivity index (χ1) is 30.7. The predicted molar refractivity (Wildman–Crippen MR) is 245 cm³/mol. The van der Waals surface area contributed by atoms with Crippen LogP contribution in [0.5, 0.6) is 0 Å². The molecule has 0 aliphatic heterocycles. The highest BCUT2D eigenvalue weighted by atomic mass is 16.6. The van der Waals surface area contributed by atoms with Crippen LogP contribution < -0.4 is 27.2 Å². The number of carboxylic acids is 1. The van der Waals surface area contributed by atoms with Gasteiger partial charge in [0.25, 0.3) is 0 Å². The second kappa shape index (κ2) is 48.9. The van der Waals surface area contributed by atoms with E-state index in [2.05, 4.69) is 26.1 Å². The summed E-state index contributed by atoms with van der Waals surface area (Å²) in [5.41, 5.74) is 0. The van der Waals surface area contributed by atoms with E-state index in [9.17, 15) is 33.6 Å². The summed E-state index contributed by atoms with van der Waals surface area (Å²) in [5.74, 6) is 3.61. The lowest BCUT2D eigenvalue weighted by molar-refractivity contribution is -0.137. The normalized spacial score (nSPS) is 11.3. The van der Waals surface area contributed by atoms with Gasteiger partial charge < -0.3 is 55.0 Å². The summed E-state index contributed by atoms with van der Waals surface area (Å²) in [4.78, 5) is 86.2. The molecule has 0 radical (unpaired) electrons. The third-order valence-electron chi connectivity index (χ3n) is 10.00. The lowest BCUT2D eigenvalue weighted by atomic mass is 10.0. The maximum Gasteiger partial charge on any atom is 0.303 e. The van der Waals surface area contributed by atoms with Gasteiger partial charge in [0, 0.05) is 64.6 Å². The van der Waals surface area contributed by atoms with E-state index in [1.165, 1.54) is 51.4 Å². The summed E-state index contributed by atoms with van der Waals surface area (Å²) in [6.07, 6.45) is 20.7. The quantitative estimate of drug-likeness (QED) is 0.0266. The standard InChI is InChI=1S/C45H83N5O13.CH4/c46-63-29-17-19-40(52)22-23-41(53)48-27-32-61-36-35-60-31-25-43(55)49-28-33-62-37-34-59-30-24-42(54)47-26-16-15-18-39(38-51)50-44(56)20-13-11-9-7-5-3-1-2-4-6-8-10-12-14-21-45(57)58;/h38-39H,1-37,46H2,(H,47,54)(H,48,53)(H,49,55)(H,50,56)(H,57,58);1H4/t39-;/m0./s1. The van der Waals surface area contributed by atoms with Gasteiger partial charge in [-0.05, 0) is 38.5 Å². The summed E-state index contributed by atoms with van der Waals surface area (Å²) in [6, 6.07) is -0.513. The van der Waals surface area contributed by atoms with Crippen molar-refractivity contribution in [1.29, 1.82) is 0 Å². The Bertz CT molecular complexity index is 1180. The van der Waals surface area contributed by atoms with E-state index >= 15 is 0 Å². The Morgan fingerprint density at radius 3 is 1.34 bits per heavy atom. The smallest absolute Gasteiger partial charge is 0.303 e. The molecule has 0 aromatic heterocycles.